The monoisotopic (exact) mass is 339 g/mol. The molecule has 0 saturated carbocycles. The van der Waals surface area contributed by atoms with Crippen LogP contribution in [0.1, 0.15) is 29.7 Å². The molecule has 1 aromatic carbocycles. The van der Waals surface area contributed by atoms with Crippen LogP contribution in [0.15, 0.2) is 26.9 Å². The Morgan fingerprint density at radius 2 is 2.00 bits per heavy atom. The molecule has 0 aliphatic carbocycles. The molecule has 0 aliphatic rings. The Bertz CT molecular complexity index is 583. The first-order valence-electron chi connectivity index (χ1n) is 6.94. The number of nitrogens with zero attached hydrogens (tertiary/aromatic N) is 2. The van der Waals surface area contributed by atoms with E-state index in [0.717, 1.165) is 21.0 Å². The predicted octanol–water partition coefficient (Wildman–Crippen LogP) is 4.32. The van der Waals surface area contributed by atoms with E-state index in [2.05, 4.69) is 54.5 Å². The second-order valence-corrected chi connectivity index (χ2v) is 8.12. The van der Waals surface area contributed by atoms with Gasteiger partial charge in [0, 0.05) is 11.8 Å². The number of rotatable bonds is 7. The molecular formula is C15H21N3S3. The molecule has 0 bridgehead atoms. The largest absolute Gasteiger partial charge is 0.309 e. The van der Waals surface area contributed by atoms with Gasteiger partial charge in [-0.25, -0.2) is 0 Å². The van der Waals surface area contributed by atoms with Gasteiger partial charge in [-0.05, 0) is 37.8 Å². The lowest BCUT2D eigenvalue weighted by Crippen LogP contribution is -2.23. The molecule has 1 unspecified atom stereocenters. The summed E-state index contributed by atoms with van der Waals surface area (Å²) in [6.45, 7) is 7.44. The minimum atomic E-state index is 0.349. The van der Waals surface area contributed by atoms with Crippen molar-refractivity contribution in [3.63, 3.8) is 0 Å². The molecule has 0 saturated heterocycles. The fourth-order valence-electron chi connectivity index (χ4n) is 2.13. The van der Waals surface area contributed by atoms with Gasteiger partial charge in [0.15, 0.2) is 8.68 Å². The second kappa shape index (κ2) is 8.17. The van der Waals surface area contributed by atoms with Crippen molar-refractivity contribution in [3.8, 4) is 0 Å². The fraction of sp³-hybridized carbons (Fsp3) is 0.467. The molecule has 2 rings (SSSR count). The summed E-state index contributed by atoms with van der Waals surface area (Å²) in [5.41, 5.74) is 4.04. The summed E-state index contributed by atoms with van der Waals surface area (Å²) in [5.74, 6) is 0.973. The third-order valence-corrected chi connectivity index (χ3v) is 6.32. The quantitative estimate of drug-likeness (QED) is 0.761. The maximum atomic E-state index is 4.24. The first-order valence-corrected chi connectivity index (χ1v) is 9.97. The smallest absolute Gasteiger partial charge is 0.175 e. The SMILES string of the molecule is CCNC(CSc1nnc(SC)s1)c1cc(C)ccc1C. The molecule has 21 heavy (non-hydrogen) atoms. The summed E-state index contributed by atoms with van der Waals surface area (Å²) in [6, 6.07) is 7.01. The highest BCUT2D eigenvalue weighted by atomic mass is 32.2. The molecule has 6 heteroatoms. The molecule has 3 nitrogen and oxygen atoms in total. The average Bonchev–Trinajstić information content (AvgIpc) is 2.94. The van der Waals surface area contributed by atoms with Gasteiger partial charge in [-0.15, -0.1) is 10.2 Å². The molecule has 1 heterocycles. The maximum Gasteiger partial charge on any atom is 0.175 e. The minimum Gasteiger partial charge on any atom is -0.309 e. The first kappa shape index (κ1) is 16.8. The van der Waals surface area contributed by atoms with Crippen molar-refractivity contribution >= 4 is 34.9 Å². The number of hydrogen-bond acceptors (Lipinski definition) is 6. The summed E-state index contributed by atoms with van der Waals surface area (Å²) in [7, 11) is 0. The molecule has 1 atom stereocenters. The van der Waals surface area contributed by atoms with Gasteiger partial charge in [0.25, 0.3) is 0 Å². The zero-order valence-corrected chi connectivity index (χ0v) is 15.3. The van der Waals surface area contributed by atoms with Crippen LogP contribution in [0.3, 0.4) is 0 Å². The topological polar surface area (TPSA) is 37.8 Å². The number of hydrogen-bond donors (Lipinski definition) is 1. The normalized spacial score (nSPS) is 12.6. The third-order valence-electron chi connectivity index (χ3n) is 3.20. The van der Waals surface area contributed by atoms with Crippen LogP contribution in [-0.4, -0.2) is 28.8 Å². The number of benzene rings is 1. The molecule has 0 spiro atoms. The maximum absolute atomic E-state index is 4.24. The van der Waals surface area contributed by atoms with E-state index in [-0.39, 0.29) is 0 Å². The molecule has 114 valence electrons. The zero-order valence-electron chi connectivity index (χ0n) is 12.8. The van der Waals surface area contributed by atoms with Crippen molar-refractivity contribution in [2.75, 3.05) is 18.6 Å². The molecule has 1 aromatic heterocycles. The predicted molar refractivity (Wildman–Crippen MR) is 94.7 cm³/mol. The van der Waals surface area contributed by atoms with Crippen LogP contribution in [0.2, 0.25) is 0 Å². The van der Waals surface area contributed by atoms with E-state index in [4.69, 9.17) is 0 Å². The second-order valence-electron chi connectivity index (χ2n) is 4.82. The van der Waals surface area contributed by atoms with E-state index in [1.165, 1.54) is 16.7 Å². The summed E-state index contributed by atoms with van der Waals surface area (Å²) in [4.78, 5) is 0. The molecule has 0 aliphatic heterocycles. The molecule has 0 radical (unpaired) electrons. The van der Waals surface area contributed by atoms with Gasteiger partial charge in [0.2, 0.25) is 0 Å². The minimum absolute atomic E-state index is 0.349. The van der Waals surface area contributed by atoms with Crippen LogP contribution in [-0.2, 0) is 0 Å². The van der Waals surface area contributed by atoms with E-state index >= 15 is 0 Å². The Labute approximate surface area is 139 Å². The number of thioether (sulfide) groups is 2. The number of aryl methyl sites for hydroxylation is 2. The van der Waals surface area contributed by atoms with Gasteiger partial charge in [0.05, 0.1) is 0 Å². The number of aromatic nitrogens is 2. The van der Waals surface area contributed by atoms with Gasteiger partial charge < -0.3 is 5.32 Å². The van der Waals surface area contributed by atoms with Crippen LogP contribution in [0.25, 0.3) is 0 Å². The van der Waals surface area contributed by atoms with Gasteiger partial charge in [-0.2, -0.15) is 0 Å². The van der Waals surface area contributed by atoms with Crippen LogP contribution in [0.4, 0.5) is 0 Å². The number of nitrogens with one attached hydrogen (secondary N) is 1. The Morgan fingerprint density at radius 1 is 1.24 bits per heavy atom. The van der Waals surface area contributed by atoms with E-state index in [0.29, 0.717) is 6.04 Å². The van der Waals surface area contributed by atoms with Gasteiger partial charge >= 0.3 is 0 Å². The van der Waals surface area contributed by atoms with E-state index in [1.54, 1.807) is 34.9 Å². The Kier molecular flexibility index (Phi) is 6.54. The highest BCUT2D eigenvalue weighted by Gasteiger charge is 2.15. The van der Waals surface area contributed by atoms with Crippen LogP contribution in [0, 0.1) is 13.8 Å². The van der Waals surface area contributed by atoms with Crippen molar-refractivity contribution in [1.29, 1.82) is 0 Å². The van der Waals surface area contributed by atoms with Crippen molar-refractivity contribution in [3.05, 3.63) is 34.9 Å². The van der Waals surface area contributed by atoms with Gasteiger partial charge in [-0.3, -0.25) is 0 Å². The Balaban J connectivity index is 2.09. The Morgan fingerprint density at radius 3 is 2.67 bits per heavy atom. The van der Waals surface area contributed by atoms with E-state index in [1.807, 2.05) is 6.26 Å². The summed E-state index contributed by atoms with van der Waals surface area (Å²) in [5, 5.41) is 12.0. The van der Waals surface area contributed by atoms with Gasteiger partial charge in [0.1, 0.15) is 0 Å². The lowest BCUT2D eigenvalue weighted by Gasteiger charge is -2.20. The third kappa shape index (κ3) is 4.71. The van der Waals surface area contributed by atoms with E-state index in [9.17, 15) is 0 Å². The highest BCUT2D eigenvalue weighted by molar-refractivity contribution is 8.02. The van der Waals surface area contributed by atoms with Crippen molar-refractivity contribution < 1.29 is 0 Å². The molecule has 0 fully saturated rings. The van der Waals surface area contributed by atoms with Crippen molar-refractivity contribution in [2.45, 2.75) is 35.5 Å². The van der Waals surface area contributed by atoms with Gasteiger partial charge in [-0.1, -0.05) is 65.5 Å². The molecular weight excluding hydrogens is 318 g/mol. The van der Waals surface area contributed by atoms with Crippen LogP contribution >= 0.6 is 34.9 Å². The fourth-order valence-corrected chi connectivity index (χ4v) is 4.68. The first-order chi connectivity index (χ1) is 10.1. The van der Waals surface area contributed by atoms with Crippen molar-refractivity contribution in [2.24, 2.45) is 0 Å². The van der Waals surface area contributed by atoms with E-state index < -0.39 is 0 Å². The lowest BCUT2D eigenvalue weighted by atomic mass is 10.00. The van der Waals surface area contributed by atoms with Crippen molar-refractivity contribution in [1.82, 2.24) is 15.5 Å². The summed E-state index contributed by atoms with van der Waals surface area (Å²) < 4.78 is 2.08. The molecule has 2 aromatic rings. The summed E-state index contributed by atoms with van der Waals surface area (Å²) in [6.07, 6.45) is 2.03. The summed E-state index contributed by atoms with van der Waals surface area (Å²) >= 11 is 5.11. The molecule has 1 N–H and O–H groups in total. The standard InChI is InChI=1S/C15H21N3S3/c1-5-16-13(12-8-10(2)6-7-11(12)3)9-20-15-18-17-14(19-4)21-15/h6-8,13,16H,5,9H2,1-4H3. The molecule has 0 amide bonds. The average molecular weight is 340 g/mol. The lowest BCUT2D eigenvalue weighted by molar-refractivity contribution is 0.602. The van der Waals surface area contributed by atoms with Crippen LogP contribution < -0.4 is 5.32 Å². The zero-order chi connectivity index (χ0) is 15.2. The highest BCUT2D eigenvalue weighted by Crippen LogP contribution is 2.31. The van der Waals surface area contributed by atoms with Crippen LogP contribution in [0.5, 0.6) is 0 Å². The Hall–Kier alpha value is -0.560.